The Morgan fingerprint density at radius 3 is 2.76 bits per heavy atom. The molecule has 3 N–H and O–H groups in total. The van der Waals surface area contributed by atoms with Crippen LogP contribution in [0.5, 0.6) is 0 Å². The minimum Gasteiger partial charge on any atom is -0.393 e. The number of nitrogens with zero attached hydrogens (tertiary/aromatic N) is 1. The molecular formula is C13H24N2O2. The second-order valence-electron chi connectivity index (χ2n) is 5.72. The Morgan fingerprint density at radius 1 is 1.47 bits per heavy atom. The van der Waals surface area contributed by atoms with Crippen molar-refractivity contribution in [1.29, 1.82) is 0 Å². The smallest absolute Gasteiger partial charge is 0.239 e. The van der Waals surface area contributed by atoms with E-state index in [4.69, 9.17) is 5.73 Å². The predicted octanol–water partition coefficient (Wildman–Crippen LogP) is 0.589. The number of aliphatic hydroxyl groups excluding tert-OH is 1. The third-order valence-electron chi connectivity index (χ3n) is 4.67. The highest BCUT2D eigenvalue weighted by Gasteiger charge is 2.44. The number of hydrogen-bond donors (Lipinski definition) is 2. The number of aliphatic hydroxyl groups is 1. The molecule has 1 saturated heterocycles. The van der Waals surface area contributed by atoms with Crippen LogP contribution in [0, 0.1) is 17.8 Å². The highest BCUT2D eigenvalue weighted by Crippen LogP contribution is 2.38. The first-order valence-corrected chi connectivity index (χ1v) is 6.77. The normalized spacial score (nSPS) is 35.8. The van der Waals surface area contributed by atoms with E-state index in [9.17, 15) is 9.90 Å². The Kier molecular flexibility index (Phi) is 3.73. The molecule has 98 valence electrons. The van der Waals surface area contributed by atoms with Gasteiger partial charge in [0.1, 0.15) is 0 Å². The lowest BCUT2D eigenvalue weighted by Crippen LogP contribution is -2.46. The Labute approximate surface area is 103 Å². The monoisotopic (exact) mass is 240 g/mol. The summed E-state index contributed by atoms with van der Waals surface area (Å²) in [4.78, 5) is 14.1. The summed E-state index contributed by atoms with van der Waals surface area (Å²) in [5.41, 5.74) is 5.98. The van der Waals surface area contributed by atoms with Crippen molar-refractivity contribution >= 4 is 5.91 Å². The van der Waals surface area contributed by atoms with Gasteiger partial charge in [-0.05, 0) is 24.7 Å². The van der Waals surface area contributed by atoms with Crippen LogP contribution in [-0.4, -0.2) is 41.1 Å². The lowest BCUT2D eigenvalue weighted by atomic mass is 9.99. The molecular weight excluding hydrogens is 216 g/mol. The van der Waals surface area contributed by atoms with E-state index in [0.717, 1.165) is 25.8 Å². The average molecular weight is 240 g/mol. The van der Waals surface area contributed by atoms with E-state index in [-0.39, 0.29) is 24.0 Å². The molecule has 1 amide bonds. The van der Waals surface area contributed by atoms with Gasteiger partial charge in [0.15, 0.2) is 0 Å². The second-order valence-corrected chi connectivity index (χ2v) is 5.72. The van der Waals surface area contributed by atoms with E-state index < -0.39 is 0 Å². The molecule has 4 nitrogen and oxygen atoms in total. The number of likely N-dealkylation sites (tertiary alicyclic amines) is 1. The highest BCUT2D eigenvalue weighted by molar-refractivity contribution is 5.82. The standard InChI is InChI=1S/C13H24N2O2/c1-3-8(2)12(14)13(17)15-6-9-4-5-11(16)10(9)7-15/h8-12,16H,3-7,14H2,1-2H3/t8?,9?,10?,11?,12-/m0/s1. The molecule has 1 aliphatic heterocycles. The maximum absolute atomic E-state index is 12.2. The molecule has 2 fully saturated rings. The largest absolute Gasteiger partial charge is 0.393 e. The van der Waals surface area contributed by atoms with Gasteiger partial charge in [-0.1, -0.05) is 20.3 Å². The lowest BCUT2D eigenvalue weighted by Gasteiger charge is -2.25. The zero-order chi connectivity index (χ0) is 12.6. The van der Waals surface area contributed by atoms with Crippen LogP contribution >= 0.6 is 0 Å². The summed E-state index contributed by atoms with van der Waals surface area (Å²) in [5.74, 6) is 1.09. The van der Waals surface area contributed by atoms with Gasteiger partial charge in [0, 0.05) is 19.0 Å². The fourth-order valence-corrected chi connectivity index (χ4v) is 3.12. The van der Waals surface area contributed by atoms with Crippen molar-refractivity contribution in [2.75, 3.05) is 13.1 Å². The summed E-state index contributed by atoms with van der Waals surface area (Å²) in [6, 6.07) is -0.379. The van der Waals surface area contributed by atoms with Gasteiger partial charge in [0.05, 0.1) is 12.1 Å². The van der Waals surface area contributed by atoms with E-state index in [1.54, 1.807) is 0 Å². The van der Waals surface area contributed by atoms with Gasteiger partial charge in [-0.2, -0.15) is 0 Å². The summed E-state index contributed by atoms with van der Waals surface area (Å²) in [6.45, 7) is 5.58. The topological polar surface area (TPSA) is 66.6 Å². The summed E-state index contributed by atoms with van der Waals surface area (Å²) < 4.78 is 0. The first-order chi connectivity index (χ1) is 8.04. The van der Waals surface area contributed by atoms with Crippen molar-refractivity contribution in [3.63, 3.8) is 0 Å². The molecule has 0 aromatic heterocycles. The van der Waals surface area contributed by atoms with E-state index >= 15 is 0 Å². The summed E-state index contributed by atoms with van der Waals surface area (Å²) >= 11 is 0. The zero-order valence-electron chi connectivity index (χ0n) is 10.8. The van der Waals surface area contributed by atoms with E-state index in [0.29, 0.717) is 18.4 Å². The molecule has 1 aliphatic carbocycles. The molecule has 2 aliphatic rings. The molecule has 4 unspecified atom stereocenters. The Bertz CT molecular complexity index is 295. The fraction of sp³-hybridized carbons (Fsp3) is 0.923. The number of carbonyl (C=O) groups excluding carboxylic acids is 1. The Hall–Kier alpha value is -0.610. The SMILES string of the molecule is CCC(C)[C@H](N)C(=O)N1CC2CCC(O)C2C1. The van der Waals surface area contributed by atoms with Crippen molar-refractivity contribution in [2.45, 2.75) is 45.3 Å². The molecule has 17 heavy (non-hydrogen) atoms. The Morgan fingerprint density at radius 2 is 2.18 bits per heavy atom. The average Bonchev–Trinajstić information content (AvgIpc) is 2.89. The van der Waals surface area contributed by atoms with Crippen LogP contribution in [0.15, 0.2) is 0 Å². The predicted molar refractivity (Wildman–Crippen MR) is 66.2 cm³/mol. The van der Waals surface area contributed by atoms with Crippen molar-refractivity contribution in [1.82, 2.24) is 4.90 Å². The van der Waals surface area contributed by atoms with Crippen LogP contribution in [0.1, 0.15) is 33.1 Å². The van der Waals surface area contributed by atoms with Gasteiger partial charge in [-0.15, -0.1) is 0 Å². The fourth-order valence-electron chi connectivity index (χ4n) is 3.12. The molecule has 1 heterocycles. The van der Waals surface area contributed by atoms with Gasteiger partial charge < -0.3 is 15.7 Å². The van der Waals surface area contributed by atoms with E-state index in [1.165, 1.54) is 0 Å². The molecule has 1 saturated carbocycles. The van der Waals surface area contributed by atoms with Gasteiger partial charge >= 0.3 is 0 Å². The van der Waals surface area contributed by atoms with E-state index in [2.05, 4.69) is 6.92 Å². The first kappa shape index (κ1) is 12.8. The minimum atomic E-state index is -0.379. The number of hydrogen-bond acceptors (Lipinski definition) is 3. The molecule has 2 rings (SSSR count). The molecule has 4 heteroatoms. The van der Waals surface area contributed by atoms with Crippen LogP contribution in [0.3, 0.4) is 0 Å². The molecule has 0 aromatic carbocycles. The maximum Gasteiger partial charge on any atom is 0.239 e. The van der Waals surface area contributed by atoms with Crippen LogP contribution in [-0.2, 0) is 4.79 Å². The van der Waals surface area contributed by atoms with Gasteiger partial charge in [-0.3, -0.25) is 4.79 Å². The van der Waals surface area contributed by atoms with Crippen molar-refractivity contribution in [3.05, 3.63) is 0 Å². The Balaban J connectivity index is 1.94. The summed E-state index contributed by atoms with van der Waals surface area (Å²) in [6.07, 6.45) is 2.66. The van der Waals surface area contributed by atoms with Crippen LogP contribution in [0.2, 0.25) is 0 Å². The zero-order valence-corrected chi connectivity index (χ0v) is 10.8. The van der Waals surface area contributed by atoms with Crippen molar-refractivity contribution in [2.24, 2.45) is 23.5 Å². The number of amides is 1. The third-order valence-corrected chi connectivity index (χ3v) is 4.67. The molecule has 5 atom stereocenters. The van der Waals surface area contributed by atoms with E-state index in [1.807, 2.05) is 11.8 Å². The molecule has 0 spiro atoms. The molecule has 0 aromatic rings. The first-order valence-electron chi connectivity index (χ1n) is 6.77. The van der Waals surface area contributed by atoms with Gasteiger partial charge in [-0.25, -0.2) is 0 Å². The minimum absolute atomic E-state index is 0.0703. The quantitative estimate of drug-likeness (QED) is 0.758. The van der Waals surface area contributed by atoms with Crippen molar-refractivity contribution in [3.8, 4) is 0 Å². The van der Waals surface area contributed by atoms with Gasteiger partial charge in [0.25, 0.3) is 0 Å². The maximum atomic E-state index is 12.2. The summed E-state index contributed by atoms with van der Waals surface area (Å²) in [5, 5.41) is 9.82. The number of carbonyl (C=O) groups is 1. The second kappa shape index (κ2) is 4.94. The van der Waals surface area contributed by atoms with Gasteiger partial charge in [0.2, 0.25) is 5.91 Å². The lowest BCUT2D eigenvalue weighted by molar-refractivity contribution is -0.133. The summed E-state index contributed by atoms with van der Waals surface area (Å²) in [7, 11) is 0. The number of rotatable bonds is 3. The third kappa shape index (κ3) is 2.33. The van der Waals surface area contributed by atoms with Crippen molar-refractivity contribution < 1.29 is 9.90 Å². The number of nitrogens with two attached hydrogens (primary N) is 1. The highest BCUT2D eigenvalue weighted by atomic mass is 16.3. The van der Waals surface area contributed by atoms with Crippen LogP contribution in [0.25, 0.3) is 0 Å². The number of fused-ring (bicyclic) bond motifs is 1. The van der Waals surface area contributed by atoms with Crippen LogP contribution < -0.4 is 5.73 Å². The molecule has 0 bridgehead atoms. The van der Waals surface area contributed by atoms with Crippen LogP contribution in [0.4, 0.5) is 0 Å². The molecule has 0 radical (unpaired) electrons.